The zero-order valence-corrected chi connectivity index (χ0v) is 24.7. The number of nitrogens with zero attached hydrogens (tertiary/aromatic N) is 1. The first-order valence-electron chi connectivity index (χ1n) is 14.2. The number of para-hydroxylation sites is 1. The number of ether oxygens (including phenoxy) is 3. The summed E-state index contributed by atoms with van der Waals surface area (Å²) in [6, 6.07) is 26.2. The van der Waals surface area contributed by atoms with Crippen LogP contribution in [0.15, 0.2) is 102 Å². The van der Waals surface area contributed by atoms with Crippen LogP contribution in [-0.4, -0.2) is 43.1 Å². The molecule has 0 atom stereocenters. The SMILES string of the molecule is CCCOc1ccc(C(=O)Oc2ccc(/C=N\NC(=O)C(=O)Nc3ccccc3C(=O)Nc3ccc(OCC)cc3)cc2)cc1. The molecular weight excluding hydrogens is 576 g/mol. The standard InChI is InChI=1S/C34H32N4O7/c1-3-21-44-27-17-11-24(12-18-27)34(42)45-28-15-9-23(10-16-28)22-35-38-33(41)32(40)37-30-8-6-5-7-29(30)31(39)36-25-13-19-26(20-14-25)43-4-2/h5-20,22H,3-4,21H2,1-2H3,(H,36,39)(H,37,40)(H,38,41)/b35-22-. The van der Waals surface area contributed by atoms with Crippen molar-refractivity contribution in [3.05, 3.63) is 114 Å². The lowest BCUT2D eigenvalue weighted by Gasteiger charge is -2.11. The molecule has 0 radical (unpaired) electrons. The lowest BCUT2D eigenvalue weighted by molar-refractivity contribution is -0.136. The molecule has 0 saturated carbocycles. The normalized spacial score (nSPS) is 10.5. The molecule has 11 nitrogen and oxygen atoms in total. The predicted molar refractivity (Wildman–Crippen MR) is 170 cm³/mol. The Morgan fingerprint density at radius 3 is 2.04 bits per heavy atom. The molecule has 4 rings (SSSR count). The van der Waals surface area contributed by atoms with Crippen molar-refractivity contribution in [3.63, 3.8) is 0 Å². The van der Waals surface area contributed by atoms with E-state index in [2.05, 4.69) is 21.2 Å². The molecule has 0 unspecified atom stereocenters. The smallest absolute Gasteiger partial charge is 0.343 e. The number of nitrogens with one attached hydrogen (secondary N) is 3. The fourth-order valence-electron chi connectivity index (χ4n) is 3.88. The van der Waals surface area contributed by atoms with Crippen LogP contribution in [0.4, 0.5) is 11.4 Å². The summed E-state index contributed by atoms with van der Waals surface area (Å²) in [6.45, 7) is 5.00. The molecule has 45 heavy (non-hydrogen) atoms. The second-order valence-corrected chi connectivity index (χ2v) is 9.44. The minimum atomic E-state index is -1.04. The summed E-state index contributed by atoms with van der Waals surface area (Å²) < 4.78 is 16.3. The van der Waals surface area contributed by atoms with Gasteiger partial charge in [0.1, 0.15) is 17.2 Å². The van der Waals surface area contributed by atoms with E-state index in [4.69, 9.17) is 14.2 Å². The molecule has 0 saturated heterocycles. The van der Waals surface area contributed by atoms with Gasteiger partial charge in [-0.05, 0) is 104 Å². The summed E-state index contributed by atoms with van der Waals surface area (Å²) >= 11 is 0. The number of hydrogen-bond acceptors (Lipinski definition) is 8. The molecule has 4 aromatic rings. The summed E-state index contributed by atoms with van der Waals surface area (Å²) in [7, 11) is 0. The van der Waals surface area contributed by atoms with Crippen molar-refractivity contribution >= 4 is 41.3 Å². The van der Waals surface area contributed by atoms with E-state index in [0.29, 0.717) is 47.3 Å². The maximum Gasteiger partial charge on any atom is 0.343 e. The number of esters is 1. The molecule has 230 valence electrons. The van der Waals surface area contributed by atoms with Gasteiger partial charge >= 0.3 is 17.8 Å². The molecule has 0 aliphatic heterocycles. The van der Waals surface area contributed by atoms with Crippen molar-refractivity contribution < 1.29 is 33.4 Å². The Labute approximate surface area is 260 Å². The topological polar surface area (TPSA) is 144 Å². The van der Waals surface area contributed by atoms with Crippen LogP contribution in [0.2, 0.25) is 0 Å². The Kier molecular flexibility index (Phi) is 11.4. The molecule has 0 spiro atoms. The zero-order chi connectivity index (χ0) is 32.0. The van der Waals surface area contributed by atoms with Crippen LogP contribution in [0.3, 0.4) is 0 Å². The largest absolute Gasteiger partial charge is 0.494 e. The molecular formula is C34H32N4O7. The first-order valence-corrected chi connectivity index (χ1v) is 14.2. The summed E-state index contributed by atoms with van der Waals surface area (Å²) in [4.78, 5) is 50.2. The van der Waals surface area contributed by atoms with E-state index in [9.17, 15) is 19.2 Å². The third-order valence-corrected chi connectivity index (χ3v) is 6.08. The monoisotopic (exact) mass is 608 g/mol. The number of hydrogen-bond donors (Lipinski definition) is 3. The summed E-state index contributed by atoms with van der Waals surface area (Å²) in [6.07, 6.45) is 2.21. The van der Waals surface area contributed by atoms with Gasteiger partial charge in [-0.2, -0.15) is 5.10 Å². The average molecular weight is 609 g/mol. The maximum absolute atomic E-state index is 12.9. The van der Waals surface area contributed by atoms with Crippen LogP contribution in [0, 0.1) is 0 Å². The lowest BCUT2D eigenvalue weighted by Crippen LogP contribution is -2.33. The molecule has 11 heteroatoms. The van der Waals surface area contributed by atoms with Crippen molar-refractivity contribution in [2.75, 3.05) is 23.8 Å². The van der Waals surface area contributed by atoms with Crippen LogP contribution in [-0.2, 0) is 9.59 Å². The highest BCUT2D eigenvalue weighted by Crippen LogP contribution is 2.20. The van der Waals surface area contributed by atoms with Crippen LogP contribution < -0.4 is 30.3 Å². The fraction of sp³-hybridized carbons (Fsp3) is 0.147. The minimum Gasteiger partial charge on any atom is -0.494 e. The Morgan fingerprint density at radius 2 is 1.36 bits per heavy atom. The van der Waals surface area contributed by atoms with Crippen molar-refractivity contribution in [2.45, 2.75) is 20.3 Å². The number of rotatable bonds is 12. The van der Waals surface area contributed by atoms with E-state index in [1.165, 1.54) is 18.3 Å². The van der Waals surface area contributed by atoms with Gasteiger partial charge in [0.25, 0.3) is 5.91 Å². The zero-order valence-electron chi connectivity index (χ0n) is 24.7. The number of benzene rings is 4. The van der Waals surface area contributed by atoms with Gasteiger partial charge in [0.05, 0.1) is 36.2 Å². The van der Waals surface area contributed by atoms with Crippen LogP contribution >= 0.6 is 0 Å². The minimum absolute atomic E-state index is 0.149. The summed E-state index contributed by atoms with van der Waals surface area (Å²) in [5, 5.41) is 9.00. The van der Waals surface area contributed by atoms with Gasteiger partial charge in [-0.3, -0.25) is 14.4 Å². The van der Waals surface area contributed by atoms with E-state index < -0.39 is 23.7 Å². The second kappa shape index (κ2) is 16.0. The molecule has 0 heterocycles. The number of carbonyl (C=O) groups excluding carboxylic acids is 4. The summed E-state index contributed by atoms with van der Waals surface area (Å²) in [5.41, 5.74) is 3.95. The molecule has 4 aromatic carbocycles. The summed E-state index contributed by atoms with van der Waals surface area (Å²) in [5.74, 6) is -1.38. The highest BCUT2D eigenvalue weighted by molar-refractivity contribution is 6.40. The number of carbonyl (C=O) groups is 4. The fourth-order valence-corrected chi connectivity index (χ4v) is 3.88. The third-order valence-electron chi connectivity index (χ3n) is 6.08. The lowest BCUT2D eigenvalue weighted by atomic mass is 10.1. The maximum atomic E-state index is 12.9. The highest BCUT2D eigenvalue weighted by atomic mass is 16.5. The van der Waals surface area contributed by atoms with Crippen LogP contribution in [0.1, 0.15) is 46.5 Å². The van der Waals surface area contributed by atoms with E-state index in [1.807, 2.05) is 13.8 Å². The van der Waals surface area contributed by atoms with E-state index in [1.54, 1.807) is 84.9 Å². The van der Waals surface area contributed by atoms with Gasteiger partial charge in [0.15, 0.2) is 0 Å². The molecule has 0 aliphatic carbocycles. The van der Waals surface area contributed by atoms with E-state index >= 15 is 0 Å². The third kappa shape index (κ3) is 9.52. The Hall–Kier alpha value is -5.97. The Balaban J connectivity index is 1.27. The van der Waals surface area contributed by atoms with Crippen molar-refractivity contribution in [2.24, 2.45) is 5.10 Å². The van der Waals surface area contributed by atoms with Gasteiger partial charge in [-0.25, -0.2) is 10.2 Å². The first-order chi connectivity index (χ1) is 21.9. The van der Waals surface area contributed by atoms with Crippen LogP contribution in [0.5, 0.6) is 17.2 Å². The quantitative estimate of drug-likeness (QED) is 0.0639. The Bertz CT molecular complexity index is 1650. The number of hydrazone groups is 1. The first kappa shape index (κ1) is 32.0. The van der Waals surface area contributed by atoms with Crippen molar-refractivity contribution in [3.8, 4) is 17.2 Å². The second-order valence-electron chi connectivity index (χ2n) is 9.44. The predicted octanol–water partition coefficient (Wildman–Crippen LogP) is 5.43. The number of amides is 3. The number of anilines is 2. The van der Waals surface area contributed by atoms with E-state index in [-0.39, 0.29) is 11.3 Å². The Morgan fingerprint density at radius 1 is 0.711 bits per heavy atom. The van der Waals surface area contributed by atoms with Gasteiger partial charge in [-0.1, -0.05) is 19.1 Å². The van der Waals surface area contributed by atoms with E-state index in [0.717, 1.165) is 6.42 Å². The average Bonchev–Trinajstić information content (AvgIpc) is 3.06. The highest BCUT2D eigenvalue weighted by Gasteiger charge is 2.18. The molecule has 0 fully saturated rings. The van der Waals surface area contributed by atoms with Crippen molar-refractivity contribution in [1.82, 2.24) is 5.43 Å². The molecule has 0 aliphatic rings. The molecule has 0 bridgehead atoms. The molecule has 3 amide bonds. The molecule has 0 aromatic heterocycles. The van der Waals surface area contributed by atoms with Crippen LogP contribution in [0.25, 0.3) is 0 Å². The van der Waals surface area contributed by atoms with Gasteiger partial charge in [0, 0.05) is 5.69 Å². The van der Waals surface area contributed by atoms with Gasteiger partial charge in [0.2, 0.25) is 0 Å². The van der Waals surface area contributed by atoms with Gasteiger partial charge in [-0.15, -0.1) is 0 Å². The van der Waals surface area contributed by atoms with Gasteiger partial charge < -0.3 is 24.8 Å². The molecule has 3 N–H and O–H groups in total. The van der Waals surface area contributed by atoms with Crippen molar-refractivity contribution in [1.29, 1.82) is 0 Å².